The second-order valence-electron chi connectivity index (χ2n) is 7.56. The van der Waals surface area contributed by atoms with Gasteiger partial charge in [0.05, 0.1) is 24.1 Å². The number of amides is 2. The van der Waals surface area contributed by atoms with E-state index in [4.69, 9.17) is 10.2 Å². The van der Waals surface area contributed by atoms with Crippen LogP contribution < -0.4 is 5.73 Å². The number of hydrogen-bond donors (Lipinski definition) is 1. The van der Waals surface area contributed by atoms with Crippen molar-refractivity contribution in [3.63, 3.8) is 0 Å². The molecule has 2 amide bonds. The van der Waals surface area contributed by atoms with Crippen molar-refractivity contribution in [1.82, 2.24) is 19.7 Å². The molecule has 162 valence electrons. The molecule has 2 N–H and O–H groups in total. The van der Waals surface area contributed by atoms with Gasteiger partial charge in [0, 0.05) is 6.54 Å². The first-order valence-corrected chi connectivity index (χ1v) is 11.3. The maximum atomic E-state index is 12.9. The van der Waals surface area contributed by atoms with Crippen LogP contribution in [0.1, 0.15) is 30.6 Å². The highest BCUT2D eigenvalue weighted by Gasteiger charge is 2.31. The molecule has 0 radical (unpaired) electrons. The zero-order valence-corrected chi connectivity index (χ0v) is 18.2. The van der Waals surface area contributed by atoms with E-state index in [-0.39, 0.29) is 11.7 Å². The van der Waals surface area contributed by atoms with Crippen LogP contribution in [0.2, 0.25) is 0 Å². The smallest absolute Gasteiger partial charge is 0.240 e. The molecule has 0 saturated carbocycles. The predicted molar refractivity (Wildman–Crippen MR) is 117 cm³/mol. The van der Waals surface area contributed by atoms with Crippen molar-refractivity contribution in [2.75, 3.05) is 12.3 Å². The fourth-order valence-electron chi connectivity index (χ4n) is 3.86. The summed E-state index contributed by atoms with van der Waals surface area (Å²) in [6.45, 7) is 3.01. The largest absolute Gasteiger partial charge is 0.469 e. The fourth-order valence-corrected chi connectivity index (χ4v) is 4.68. The van der Waals surface area contributed by atoms with E-state index in [1.165, 1.54) is 11.8 Å². The number of primary amides is 1. The lowest BCUT2D eigenvalue weighted by Gasteiger charge is -2.33. The molecule has 1 aliphatic heterocycles. The third kappa shape index (κ3) is 4.66. The Labute approximate surface area is 184 Å². The minimum absolute atomic E-state index is 0.108. The van der Waals surface area contributed by atoms with Gasteiger partial charge in [-0.1, -0.05) is 42.1 Å². The molecule has 1 saturated heterocycles. The Morgan fingerprint density at radius 3 is 2.71 bits per heavy atom. The maximum Gasteiger partial charge on any atom is 0.240 e. The normalized spacial score (nSPS) is 16.4. The number of aryl methyl sites for hydroxylation is 1. The van der Waals surface area contributed by atoms with Crippen LogP contribution in [-0.2, 0) is 16.1 Å². The molecule has 3 heterocycles. The van der Waals surface area contributed by atoms with Gasteiger partial charge < -0.3 is 15.1 Å². The van der Waals surface area contributed by atoms with Crippen molar-refractivity contribution in [3.05, 3.63) is 54.0 Å². The van der Waals surface area contributed by atoms with Crippen LogP contribution in [0.25, 0.3) is 11.4 Å². The molecule has 0 aliphatic carbocycles. The Morgan fingerprint density at radius 2 is 2.00 bits per heavy atom. The zero-order valence-electron chi connectivity index (χ0n) is 17.4. The summed E-state index contributed by atoms with van der Waals surface area (Å²) in [5.41, 5.74) is 7.48. The molecule has 1 unspecified atom stereocenters. The Balaban J connectivity index is 1.56. The first-order chi connectivity index (χ1) is 15.0. The Bertz CT molecular complexity index is 1060. The van der Waals surface area contributed by atoms with E-state index in [9.17, 15) is 9.59 Å². The van der Waals surface area contributed by atoms with Crippen LogP contribution in [0.3, 0.4) is 0 Å². The van der Waals surface area contributed by atoms with Crippen molar-refractivity contribution in [1.29, 1.82) is 0 Å². The van der Waals surface area contributed by atoms with Gasteiger partial charge in [0.2, 0.25) is 11.8 Å². The molecule has 8 nitrogen and oxygen atoms in total. The quantitative estimate of drug-likeness (QED) is 0.567. The SMILES string of the molecule is Cc1occc1-c1nnc(SCC(=O)N2CCCCC2C(N)=O)n1Cc1ccccc1. The molecular weight excluding hydrogens is 414 g/mol. The van der Waals surface area contributed by atoms with Gasteiger partial charge in [0.25, 0.3) is 0 Å². The highest BCUT2D eigenvalue weighted by molar-refractivity contribution is 7.99. The van der Waals surface area contributed by atoms with E-state index < -0.39 is 11.9 Å². The van der Waals surface area contributed by atoms with Gasteiger partial charge in [-0.2, -0.15) is 0 Å². The van der Waals surface area contributed by atoms with Gasteiger partial charge in [-0.3, -0.25) is 14.2 Å². The lowest BCUT2D eigenvalue weighted by atomic mass is 10.0. The number of piperidine rings is 1. The molecule has 4 rings (SSSR count). The van der Waals surface area contributed by atoms with Gasteiger partial charge >= 0.3 is 0 Å². The number of hydrogen-bond acceptors (Lipinski definition) is 6. The monoisotopic (exact) mass is 439 g/mol. The van der Waals surface area contributed by atoms with Crippen molar-refractivity contribution < 1.29 is 14.0 Å². The number of furan rings is 1. The van der Waals surface area contributed by atoms with Gasteiger partial charge in [-0.15, -0.1) is 10.2 Å². The summed E-state index contributed by atoms with van der Waals surface area (Å²) < 4.78 is 7.45. The van der Waals surface area contributed by atoms with E-state index >= 15 is 0 Å². The minimum atomic E-state index is -0.520. The van der Waals surface area contributed by atoms with Gasteiger partial charge in [-0.05, 0) is 37.8 Å². The predicted octanol–water partition coefficient (Wildman–Crippen LogP) is 2.85. The highest BCUT2D eigenvalue weighted by Crippen LogP contribution is 2.28. The van der Waals surface area contributed by atoms with Crippen LogP contribution in [-0.4, -0.2) is 49.8 Å². The van der Waals surface area contributed by atoms with E-state index in [1.807, 2.05) is 47.9 Å². The molecule has 1 fully saturated rings. The Hall–Kier alpha value is -3.07. The van der Waals surface area contributed by atoms with Crippen LogP contribution in [0.4, 0.5) is 0 Å². The number of aromatic nitrogens is 3. The number of rotatable bonds is 7. The summed E-state index contributed by atoms with van der Waals surface area (Å²) in [7, 11) is 0. The number of carbonyl (C=O) groups excluding carboxylic acids is 2. The summed E-state index contributed by atoms with van der Waals surface area (Å²) in [6.07, 6.45) is 4.04. The van der Waals surface area contributed by atoms with Gasteiger partial charge in [0.15, 0.2) is 11.0 Å². The number of thioether (sulfide) groups is 1. The van der Waals surface area contributed by atoms with Crippen molar-refractivity contribution in [3.8, 4) is 11.4 Å². The number of nitrogens with two attached hydrogens (primary N) is 1. The first kappa shape index (κ1) is 21.2. The summed E-state index contributed by atoms with van der Waals surface area (Å²) in [5, 5.41) is 9.37. The summed E-state index contributed by atoms with van der Waals surface area (Å²) >= 11 is 1.32. The van der Waals surface area contributed by atoms with E-state index in [2.05, 4.69) is 10.2 Å². The standard InChI is InChI=1S/C22H25N5O3S/c1-15-17(10-12-30-15)21-24-25-22(27(21)13-16-7-3-2-4-8-16)31-14-19(28)26-11-6-5-9-18(26)20(23)29/h2-4,7-8,10,12,18H,5-6,9,11,13-14H2,1H3,(H2,23,29). The lowest BCUT2D eigenvalue weighted by molar-refractivity contribution is -0.138. The molecule has 9 heteroatoms. The second kappa shape index (κ2) is 9.38. The summed E-state index contributed by atoms with van der Waals surface area (Å²) in [6, 6.07) is 11.4. The molecule has 1 atom stereocenters. The number of nitrogens with zero attached hydrogens (tertiary/aromatic N) is 4. The molecule has 1 aromatic carbocycles. The Kier molecular flexibility index (Phi) is 6.41. The van der Waals surface area contributed by atoms with Gasteiger partial charge in [-0.25, -0.2) is 0 Å². The third-order valence-electron chi connectivity index (χ3n) is 5.48. The van der Waals surface area contributed by atoms with Crippen molar-refractivity contribution >= 4 is 23.6 Å². The number of likely N-dealkylation sites (tertiary alicyclic amines) is 1. The molecule has 1 aliphatic rings. The molecule has 2 aromatic heterocycles. The van der Waals surface area contributed by atoms with Crippen LogP contribution in [0.5, 0.6) is 0 Å². The lowest BCUT2D eigenvalue weighted by Crippen LogP contribution is -2.51. The zero-order chi connectivity index (χ0) is 21.8. The van der Waals surface area contributed by atoms with Crippen LogP contribution in [0.15, 0.2) is 52.2 Å². The summed E-state index contributed by atoms with van der Waals surface area (Å²) in [4.78, 5) is 26.2. The Morgan fingerprint density at radius 1 is 1.19 bits per heavy atom. The number of benzene rings is 1. The van der Waals surface area contributed by atoms with E-state index in [0.717, 1.165) is 29.7 Å². The second-order valence-corrected chi connectivity index (χ2v) is 8.50. The van der Waals surface area contributed by atoms with Crippen LogP contribution >= 0.6 is 11.8 Å². The van der Waals surface area contributed by atoms with Crippen LogP contribution in [0, 0.1) is 6.92 Å². The highest BCUT2D eigenvalue weighted by atomic mass is 32.2. The van der Waals surface area contributed by atoms with E-state index in [0.29, 0.717) is 30.5 Å². The third-order valence-corrected chi connectivity index (χ3v) is 6.43. The average Bonchev–Trinajstić information content (AvgIpc) is 3.38. The fraction of sp³-hybridized carbons (Fsp3) is 0.364. The first-order valence-electron chi connectivity index (χ1n) is 10.3. The van der Waals surface area contributed by atoms with Gasteiger partial charge in [0.1, 0.15) is 11.8 Å². The molecule has 31 heavy (non-hydrogen) atoms. The average molecular weight is 440 g/mol. The van der Waals surface area contributed by atoms with Crippen molar-refractivity contribution in [2.24, 2.45) is 5.73 Å². The molecular formula is C22H25N5O3S. The number of carbonyl (C=O) groups is 2. The summed E-state index contributed by atoms with van der Waals surface area (Å²) in [5.74, 6) is 1.07. The van der Waals surface area contributed by atoms with Crippen molar-refractivity contribution in [2.45, 2.75) is 43.9 Å². The molecule has 0 spiro atoms. The minimum Gasteiger partial charge on any atom is -0.469 e. The van der Waals surface area contributed by atoms with E-state index in [1.54, 1.807) is 11.2 Å². The topological polar surface area (TPSA) is 107 Å². The molecule has 3 aromatic rings. The molecule has 0 bridgehead atoms. The maximum absolute atomic E-state index is 12.9.